The summed E-state index contributed by atoms with van der Waals surface area (Å²) < 4.78 is 0. The first-order valence-electron chi connectivity index (χ1n) is 5.16. The summed E-state index contributed by atoms with van der Waals surface area (Å²) in [5.74, 6) is -1.31. The van der Waals surface area contributed by atoms with Gasteiger partial charge in [0.05, 0.1) is 5.56 Å². The van der Waals surface area contributed by atoms with E-state index in [9.17, 15) is 9.59 Å². The van der Waals surface area contributed by atoms with Crippen molar-refractivity contribution >= 4 is 23.6 Å². The smallest absolute Gasteiger partial charge is 0.327 e. The molecule has 5 nitrogen and oxygen atoms in total. The van der Waals surface area contributed by atoms with Crippen molar-refractivity contribution in [2.75, 3.05) is 5.75 Å². The summed E-state index contributed by atoms with van der Waals surface area (Å²) in [5, 5.41) is 20.2. The number of benzene rings is 1. The molecule has 0 aromatic heterocycles. The van der Waals surface area contributed by atoms with Crippen molar-refractivity contribution in [3.05, 3.63) is 29.8 Å². The number of rotatable bonds is 5. The van der Waals surface area contributed by atoms with E-state index in [0.29, 0.717) is 10.5 Å². The van der Waals surface area contributed by atoms with Crippen LogP contribution in [0.1, 0.15) is 12.5 Å². The van der Waals surface area contributed by atoms with Crippen molar-refractivity contribution in [1.29, 1.82) is 5.26 Å². The predicted octanol–water partition coefficient (Wildman–Crippen LogP) is 1.24. The first-order valence-corrected chi connectivity index (χ1v) is 6.15. The number of thioether (sulfide) groups is 1. The molecule has 6 heteroatoms. The van der Waals surface area contributed by atoms with Gasteiger partial charge in [-0.3, -0.25) is 4.79 Å². The summed E-state index contributed by atoms with van der Waals surface area (Å²) in [6.07, 6.45) is 0. The average Bonchev–Trinajstić information content (AvgIpc) is 2.34. The number of carboxylic acids is 1. The highest BCUT2D eigenvalue weighted by Gasteiger charge is 2.18. The Labute approximate surface area is 109 Å². The molecule has 1 rings (SSSR count). The zero-order chi connectivity index (χ0) is 13.5. The monoisotopic (exact) mass is 264 g/mol. The number of hydrogen-bond donors (Lipinski definition) is 2. The van der Waals surface area contributed by atoms with Crippen molar-refractivity contribution < 1.29 is 14.7 Å². The summed E-state index contributed by atoms with van der Waals surface area (Å²) in [6, 6.07) is 8.00. The van der Waals surface area contributed by atoms with Gasteiger partial charge in [0.1, 0.15) is 12.1 Å². The summed E-state index contributed by atoms with van der Waals surface area (Å²) in [6.45, 7) is 1.27. The van der Waals surface area contributed by atoms with E-state index in [2.05, 4.69) is 5.32 Å². The highest BCUT2D eigenvalue weighted by atomic mass is 32.2. The molecule has 94 valence electrons. The van der Waals surface area contributed by atoms with Gasteiger partial charge in [-0.05, 0) is 12.1 Å². The van der Waals surface area contributed by atoms with Crippen LogP contribution in [0.2, 0.25) is 0 Å². The second-order valence-electron chi connectivity index (χ2n) is 3.51. The maximum atomic E-state index is 10.9. The largest absolute Gasteiger partial charge is 0.480 e. The molecule has 1 amide bonds. The molecule has 0 aliphatic rings. The first kappa shape index (κ1) is 14.1. The highest BCUT2D eigenvalue weighted by Crippen LogP contribution is 2.22. The van der Waals surface area contributed by atoms with Crippen LogP contribution in [0.15, 0.2) is 29.2 Å². The normalized spacial score (nSPS) is 11.3. The number of carbonyl (C=O) groups excluding carboxylic acids is 1. The molecule has 0 radical (unpaired) electrons. The summed E-state index contributed by atoms with van der Waals surface area (Å²) >= 11 is 1.23. The number of nitriles is 1. The molecular formula is C12H12N2O3S. The molecule has 2 N–H and O–H groups in total. The number of amides is 1. The number of hydrogen-bond acceptors (Lipinski definition) is 4. The molecule has 1 aromatic rings. The number of aliphatic carboxylic acids is 1. The molecular weight excluding hydrogens is 252 g/mol. The van der Waals surface area contributed by atoms with Gasteiger partial charge in [0.25, 0.3) is 0 Å². The Morgan fingerprint density at radius 3 is 2.72 bits per heavy atom. The second-order valence-corrected chi connectivity index (χ2v) is 4.57. The zero-order valence-electron chi connectivity index (χ0n) is 9.71. The SMILES string of the molecule is CC(=O)N[C@@H](CSc1ccccc1C#N)C(=O)O. The van der Waals surface area contributed by atoms with Gasteiger partial charge in [-0.15, -0.1) is 11.8 Å². The fourth-order valence-electron chi connectivity index (χ4n) is 1.28. The Kier molecular flexibility index (Phi) is 5.21. The molecule has 0 saturated heterocycles. The number of nitrogens with one attached hydrogen (secondary N) is 1. The van der Waals surface area contributed by atoms with Gasteiger partial charge >= 0.3 is 5.97 Å². The number of carbonyl (C=O) groups is 2. The third kappa shape index (κ3) is 4.11. The third-order valence-electron chi connectivity index (χ3n) is 2.09. The molecule has 0 aliphatic heterocycles. The van der Waals surface area contributed by atoms with E-state index < -0.39 is 17.9 Å². The molecule has 0 unspecified atom stereocenters. The van der Waals surface area contributed by atoms with Crippen LogP contribution in [0.4, 0.5) is 0 Å². The molecule has 0 fully saturated rings. The second kappa shape index (κ2) is 6.67. The van der Waals surface area contributed by atoms with E-state index >= 15 is 0 Å². The van der Waals surface area contributed by atoms with Crippen molar-refractivity contribution in [3.63, 3.8) is 0 Å². The number of carboxylic acid groups (broad SMARTS) is 1. The molecule has 0 aliphatic carbocycles. The van der Waals surface area contributed by atoms with Gasteiger partial charge in [-0.1, -0.05) is 12.1 Å². The van der Waals surface area contributed by atoms with Crippen molar-refractivity contribution in [2.24, 2.45) is 0 Å². The molecule has 1 aromatic carbocycles. The third-order valence-corrected chi connectivity index (χ3v) is 3.26. The quantitative estimate of drug-likeness (QED) is 0.781. The van der Waals surface area contributed by atoms with E-state index in [1.165, 1.54) is 18.7 Å². The van der Waals surface area contributed by atoms with Crippen LogP contribution in [0.5, 0.6) is 0 Å². The minimum Gasteiger partial charge on any atom is -0.480 e. The lowest BCUT2D eigenvalue weighted by Gasteiger charge is -2.13. The van der Waals surface area contributed by atoms with E-state index in [0.717, 1.165) is 0 Å². The Hall–Kier alpha value is -2.00. The maximum Gasteiger partial charge on any atom is 0.327 e. The van der Waals surface area contributed by atoms with Crippen LogP contribution in [-0.4, -0.2) is 28.8 Å². The van der Waals surface area contributed by atoms with Crippen molar-refractivity contribution in [3.8, 4) is 6.07 Å². The van der Waals surface area contributed by atoms with Gasteiger partial charge in [0.2, 0.25) is 5.91 Å². The lowest BCUT2D eigenvalue weighted by molar-refractivity contribution is -0.140. The fraction of sp³-hybridized carbons (Fsp3) is 0.250. The van der Waals surface area contributed by atoms with Crippen LogP contribution < -0.4 is 5.32 Å². The summed E-state index contributed by atoms with van der Waals surface area (Å²) in [5.41, 5.74) is 0.495. The van der Waals surface area contributed by atoms with Crippen LogP contribution in [0, 0.1) is 11.3 Å². The van der Waals surface area contributed by atoms with Crippen LogP contribution in [0.25, 0.3) is 0 Å². The molecule has 18 heavy (non-hydrogen) atoms. The highest BCUT2D eigenvalue weighted by molar-refractivity contribution is 7.99. The van der Waals surface area contributed by atoms with Gasteiger partial charge in [0, 0.05) is 17.6 Å². The van der Waals surface area contributed by atoms with Gasteiger partial charge in [-0.25, -0.2) is 4.79 Å². The summed E-state index contributed by atoms with van der Waals surface area (Å²) in [7, 11) is 0. The summed E-state index contributed by atoms with van der Waals surface area (Å²) in [4.78, 5) is 22.5. The Morgan fingerprint density at radius 2 is 2.17 bits per heavy atom. The van der Waals surface area contributed by atoms with Gasteiger partial charge in [0.15, 0.2) is 0 Å². The van der Waals surface area contributed by atoms with Gasteiger partial charge in [-0.2, -0.15) is 5.26 Å². The number of nitrogens with zero attached hydrogens (tertiary/aromatic N) is 1. The predicted molar refractivity (Wildman–Crippen MR) is 67.1 cm³/mol. The zero-order valence-corrected chi connectivity index (χ0v) is 10.5. The lowest BCUT2D eigenvalue weighted by atomic mass is 10.2. The minimum absolute atomic E-state index is 0.174. The van der Waals surface area contributed by atoms with Crippen LogP contribution in [0.3, 0.4) is 0 Å². The topological polar surface area (TPSA) is 90.2 Å². The van der Waals surface area contributed by atoms with E-state index in [4.69, 9.17) is 10.4 Å². The van der Waals surface area contributed by atoms with Crippen molar-refractivity contribution in [2.45, 2.75) is 17.9 Å². The standard InChI is InChI=1S/C12H12N2O3S/c1-8(15)14-10(12(16)17)7-18-11-5-3-2-4-9(11)6-13/h2-5,10H,7H2,1H3,(H,14,15)(H,16,17)/t10-/m0/s1. The minimum atomic E-state index is -1.09. The molecule has 0 spiro atoms. The Bertz CT molecular complexity index is 496. The van der Waals surface area contributed by atoms with Gasteiger partial charge < -0.3 is 10.4 Å². The molecule has 0 saturated carbocycles. The maximum absolute atomic E-state index is 10.9. The van der Waals surface area contributed by atoms with E-state index in [1.807, 2.05) is 6.07 Å². The van der Waals surface area contributed by atoms with E-state index in [-0.39, 0.29) is 5.75 Å². The van der Waals surface area contributed by atoms with E-state index in [1.54, 1.807) is 24.3 Å². The van der Waals surface area contributed by atoms with Crippen molar-refractivity contribution in [1.82, 2.24) is 5.32 Å². The molecule has 0 heterocycles. The van der Waals surface area contributed by atoms with Crippen LogP contribution in [-0.2, 0) is 9.59 Å². The lowest BCUT2D eigenvalue weighted by Crippen LogP contribution is -2.41. The Balaban J connectivity index is 2.70. The fourth-order valence-corrected chi connectivity index (χ4v) is 2.29. The first-order chi connectivity index (χ1) is 8.54. The molecule has 0 bridgehead atoms. The average molecular weight is 264 g/mol. The van der Waals surface area contributed by atoms with Crippen LogP contribution >= 0.6 is 11.8 Å². The molecule has 1 atom stereocenters. The Morgan fingerprint density at radius 1 is 1.50 bits per heavy atom.